The third kappa shape index (κ3) is 11.2. The molecule has 0 aromatic carbocycles. The summed E-state index contributed by atoms with van der Waals surface area (Å²) in [5.74, 6) is 0. The molecule has 7 N–H and O–H groups in total. The molecule has 0 bridgehead atoms. The zero-order valence-electron chi connectivity index (χ0n) is 8.80. The van der Waals surface area contributed by atoms with Crippen molar-refractivity contribution in [1.29, 1.82) is 0 Å². The summed E-state index contributed by atoms with van der Waals surface area (Å²) < 4.78 is 4.66. The molecule has 0 atom stereocenters. The minimum absolute atomic E-state index is 0. The second-order valence-corrected chi connectivity index (χ2v) is 3.23. The van der Waals surface area contributed by atoms with Gasteiger partial charge in [-0.25, -0.2) is 4.79 Å². The molecular weight excluding hydrogens is 172 g/mol. The average molecular weight is 194 g/mol. The van der Waals surface area contributed by atoms with E-state index in [1.807, 2.05) is 0 Å². The fraction of sp³-hybridized carbons (Fsp3) is 0.875. The first-order valence-electron chi connectivity index (χ1n) is 3.90. The Kier molecular flexibility index (Phi) is 10.9. The van der Waals surface area contributed by atoms with Gasteiger partial charge in [-0.1, -0.05) is 13.3 Å². The molecular formula is C8H22N2O3. The van der Waals surface area contributed by atoms with Gasteiger partial charge in [0, 0.05) is 0 Å². The summed E-state index contributed by atoms with van der Waals surface area (Å²) in [6.45, 7) is 5.64. The predicted molar refractivity (Wildman–Crippen MR) is 52.8 cm³/mol. The van der Waals surface area contributed by atoms with Gasteiger partial charge in [0.15, 0.2) is 0 Å². The predicted octanol–water partition coefficient (Wildman–Crippen LogP) is 2.97. The minimum Gasteiger partial charge on any atom is -0.450 e. The van der Waals surface area contributed by atoms with E-state index < -0.39 is 11.8 Å². The summed E-state index contributed by atoms with van der Waals surface area (Å²) >= 11 is 0. The summed E-state index contributed by atoms with van der Waals surface area (Å²) in [5, 5.41) is 8.33. The van der Waals surface area contributed by atoms with Crippen molar-refractivity contribution in [3.63, 3.8) is 0 Å². The zero-order chi connectivity index (χ0) is 8.91. The zero-order valence-corrected chi connectivity index (χ0v) is 8.80. The van der Waals surface area contributed by atoms with E-state index in [1.165, 1.54) is 0 Å². The summed E-state index contributed by atoms with van der Waals surface area (Å²) in [7, 11) is 0. The number of unbranched alkanes of at least 4 members (excludes halogenated alkanes) is 1. The normalized spacial score (nSPS) is 9.46. The number of ether oxygens (including phenoxy) is 1. The van der Waals surface area contributed by atoms with Gasteiger partial charge in [0.25, 0.3) is 0 Å². The monoisotopic (exact) mass is 194 g/mol. The molecule has 0 aliphatic heterocycles. The first-order valence-corrected chi connectivity index (χ1v) is 3.90. The van der Waals surface area contributed by atoms with E-state index >= 15 is 0 Å². The van der Waals surface area contributed by atoms with E-state index in [2.05, 4.69) is 11.7 Å². The SMILES string of the molecule is CCCCC(C)(C)OC(=O)O.N.N. The van der Waals surface area contributed by atoms with Gasteiger partial charge in [-0.2, -0.15) is 0 Å². The largest absolute Gasteiger partial charge is 0.506 e. The maximum absolute atomic E-state index is 10.2. The molecule has 0 aliphatic rings. The van der Waals surface area contributed by atoms with Gasteiger partial charge in [-0.15, -0.1) is 0 Å². The quantitative estimate of drug-likeness (QED) is 0.595. The molecule has 0 saturated heterocycles. The van der Waals surface area contributed by atoms with E-state index in [0.717, 1.165) is 19.3 Å². The molecule has 0 amide bonds. The van der Waals surface area contributed by atoms with Crippen molar-refractivity contribution in [3.8, 4) is 0 Å². The molecule has 0 aliphatic carbocycles. The molecule has 0 spiro atoms. The molecule has 0 heterocycles. The van der Waals surface area contributed by atoms with Crippen LogP contribution in [-0.2, 0) is 4.74 Å². The van der Waals surface area contributed by atoms with Gasteiger partial charge in [-0.05, 0) is 26.7 Å². The first-order chi connectivity index (χ1) is 4.98. The van der Waals surface area contributed by atoms with Crippen LogP contribution in [0.3, 0.4) is 0 Å². The lowest BCUT2D eigenvalue weighted by Gasteiger charge is -2.22. The highest BCUT2D eigenvalue weighted by Crippen LogP contribution is 2.17. The summed E-state index contributed by atoms with van der Waals surface area (Å²) in [4.78, 5) is 10.2. The van der Waals surface area contributed by atoms with E-state index in [1.54, 1.807) is 13.8 Å². The van der Waals surface area contributed by atoms with Crippen LogP contribution in [0, 0.1) is 0 Å². The summed E-state index contributed by atoms with van der Waals surface area (Å²) in [6.07, 6.45) is 1.66. The second-order valence-electron chi connectivity index (χ2n) is 3.23. The van der Waals surface area contributed by atoms with E-state index in [4.69, 9.17) is 5.11 Å². The van der Waals surface area contributed by atoms with Gasteiger partial charge in [-0.3, -0.25) is 0 Å². The molecule has 0 aromatic rings. The molecule has 5 heteroatoms. The van der Waals surface area contributed by atoms with E-state index in [-0.39, 0.29) is 12.3 Å². The number of hydrogen-bond donors (Lipinski definition) is 3. The molecule has 0 saturated carbocycles. The topological polar surface area (TPSA) is 117 Å². The van der Waals surface area contributed by atoms with Crippen LogP contribution in [0.5, 0.6) is 0 Å². The molecule has 0 aromatic heterocycles. The number of carboxylic acid groups (broad SMARTS) is 1. The van der Waals surface area contributed by atoms with Crippen LogP contribution < -0.4 is 12.3 Å². The van der Waals surface area contributed by atoms with Gasteiger partial charge in [0.2, 0.25) is 0 Å². The minimum atomic E-state index is -1.19. The van der Waals surface area contributed by atoms with Gasteiger partial charge in [0.05, 0.1) is 0 Å². The van der Waals surface area contributed by atoms with Gasteiger partial charge < -0.3 is 22.1 Å². The number of rotatable bonds is 4. The highest BCUT2D eigenvalue weighted by molar-refractivity contribution is 5.57. The molecule has 5 nitrogen and oxygen atoms in total. The van der Waals surface area contributed by atoms with Crippen molar-refractivity contribution in [1.82, 2.24) is 12.3 Å². The Hall–Kier alpha value is -0.810. The molecule has 13 heavy (non-hydrogen) atoms. The Labute approximate surface area is 79.6 Å². The lowest BCUT2D eigenvalue weighted by Crippen LogP contribution is -2.26. The van der Waals surface area contributed by atoms with Crippen molar-refractivity contribution in [3.05, 3.63) is 0 Å². The molecule has 0 rings (SSSR count). The number of carbonyl (C=O) groups is 1. The van der Waals surface area contributed by atoms with Crippen molar-refractivity contribution in [2.75, 3.05) is 0 Å². The van der Waals surface area contributed by atoms with Gasteiger partial charge in [0.1, 0.15) is 5.60 Å². The second kappa shape index (κ2) is 7.82. The maximum atomic E-state index is 10.2. The maximum Gasteiger partial charge on any atom is 0.506 e. The summed E-state index contributed by atoms with van der Waals surface area (Å²) in [5.41, 5.74) is -0.526. The fourth-order valence-corrected chi connectivity index (χ4v) is 0.890. The third-order valence-electron chi connectivity index (χ3n) is 1.50. The Balaban J connectivity index is -0.000000500. The van der Waals surface area contributed by atoms with E-state index in [0.29, 0.717) is 0 Å². The van der Waals surface area contributed by atoms with E-state index in [9.17, 15) is 4.79 Å². The molecule has 0 unspecified atom stereocenters. The third-order valence-corrected chi connectivity index (χ3v) is 1.50. The highest BCUT2D eigenvalue weighted by atomic mass is 16.7. The Morgan fingerprint density at radius 2 is 1.85 bits per heavy atom. The highest BCUT2D eigenvalue weighted by Gasteiger charge is 2.21. The lowest BCUT2D eigenvalue weighted by molar-refractivity contribution is -0.00205. The molecule has 82 valence electrons. The molecule has 0 radical (unpaired) electrons. The smallest absolute Gasteiger partial charge is 0.450 e. The fourth-order valence-electron chi connectivity index (χ4n) is 0.890. The van der Waals surface area contributed by atoms with Crippen LogP contribution in [0.15, 0.2) is 0 Å². The van der Waals surface area contributed by atoms with Crippen LogP contribution >= 0.6 is 0 Å². The number of hydrogen-bond acceptors (Lipinski definition) is 4. The summed E-state index contributed by atoms with van der Waals surface area (Å²) in [6, 6.07) is 0. The Morgan fingerprint density at radius 3 is 2.15 bits per heavy atom. The lowest BCUT2D eigenvalue weighted by atomic mass is 10.0. The first kappa shape index (κ1) is 18.1. The Morgan fingerprint density at radius 1 is 1.38 bits per heavy atom. The average Bonchev–Trinajstić information content (AvgIpc) is 1.81. The standard InChI is InChI=1S/C8H16O3.2H3N/c1-4-5-6-8(2,3)11-7(9)10;;/h4-6H2,1-3H3,(H,9,10);2*1H3. The van der Waals surface area contributed by atoms with Crippen molar-refractivity contribution in [2.24, 2.45) is 0 Å². The molecule has 0 fully saturated rings. The Bertz CT molecular complexity index is 137. The van der Waals surface area contributed by atoms with Crippen molar-refractivity contribution < 1.29 is 14.6 Å². The van der Waals surface area contributed by atoms with Crippen LogP contribution in [0.1, 0.15) is 40.0 Å². The van der Waals surface area contributed by atoms with Crippen LogP contribution in [-0.4, -0.2) is 16.9 Å². The van der Waals surface area contributed by atoms with Crippen LogP contribution in [0.4, 0.5) is 4.79 Å². The van der Waals surface area contributed by atoms with Crippen LogP contribution in [0.2, 0.25) is 0 Å². The van der Waals surface area contributed by atoms with Crippen molar-refractivity contribution in [2.45, 2.75) is 45.6 Å². The van der Waals surface area contributed by atoms with Gasteiger partial charge >= 0.3 is 6.16 Å². The van der Waals surface area contributed by atoms with Crippen LogP contribution in [0.25, 0.3) is 0 Å². The van der Waals surface area contributed by atoms with Crippen molar-refractivity contribution >= 4 is 6.16 Å².